The van der Waals surface area contributed by atoms with E-state index in [1.165, 1.54) is 13.2 Å². The number of hydrogen-bond donors (Lipinski definition) is 2. The van der Waals surface area contributed by atoms with Crippen molar-refractivity contribution in [3.8, 4) is 11.5 Å². The molecule has 0 aromatic heterocycles. The van der Waals surface area contributed by atoms with Crippen molar-refractivity contribution in [3.05, 3.63) is 112 Å². The first-order valence-corrected chi connectivity index (χ1v) is 17.4. The monoisotopic (exact) mass is 739 g/mol. The van der Waals surface area contributed by atoms with Crippen LogP contribution in [0.2, 0.25) is 10.0 Å². The van der Waals surface area contributed by atoms with E-state index >= 15 is 4.79 Å². The number of anilines is 1. The van der Waals surface area contributed by atoms with Crippen LogP contribution < -0.4 is 10.2 Å². The number of hydrazine groups is 1. The molecule has 4 aliphatic rings. The average Bonchev–Trinajstić information content (AvgIpc) is 3.53. The Morgan fingerprint density at radius 3 is 2.37 bits per heavy atom. The van der Waals surface area contributed by atoms with Crippen molar-refractivity contribution in [2.75, 3.05) is 19.6 Å². The van der Waals surface area contributed by atoms with Gasteiger partial charge in [-0.2, -0.15) is 9.91 Å². The van der Waals surface area contributed by atoms with Crippen LogP contribution >= 0.6 is 23.2 Å². The van der Waals surface area contributed by atoms with E-state index in [2.05, 4.69) is 5.43 Å². The highest BCUT2D eigenvalue weighted by Crippen LogP contribution is 2.65. The molecule has 4 aromatic rings. The van der Waals surface area contributed by atoms with Gasteiger partial charge in [0.25, 0.3) is 11.8 Å². The molecule has 2 N–H and O–H groups in total. The molecule has 3 fully saturated rings. The number of nitrogens with one attached hydrogen (secondary N) is 1. The number of amides is 5. The molecule has 0 spiro atoms. The van der Waals surface area contributed by atoms with Gasteiger partial charge in [-0.1, -0.05) is 83.4 Å². The van der Waals surface area contributed by atoms with Crippen molar-refractivity contribution in [1.29, 1.82) is 0 Å². The van der Waals surface area contributed by atoms with E-state index in [0.717, 1.165) is 17.5 Å². The van der Waals surface area contributed by atoms with Crippen LogP contribution in [-0.4, -0.2) is 59.0 Å². The fraction of sp³-hybridized carbons (Fsp3) is 0.256. The Balaban J connectivity index is 1.39. The Morgan fingerprint density at radius 2 is 1.65 bits per heavy atom. The van der Waals surface area contributed by atoms with E-state index in [-0.39, 0.29) is 29.3 Å². The lowest BCUT2D eigenvalue weighted by Gasteiger charge is -2.50. The topological polar surface area (TPSA) is 143 Å². The van der Waals surface area contributed by atoms with Crippen LogP contribution in [0.1, 0.15) is 29.9 Å². The average molecular weight is 741 g/mol. The molecular weight excluding hydrogens is 709 g/mol. The van der Waals surface area contributed by atoms with Crippen molar-refractivity contribution in [2.45, 2.75) is 24.2 Å². The third kappa shape index (κ3) is 4.68. The van der Waals surface area contributed by atoms with Gasteiger partial charge in [-0.05, 0) is 60.0 Å². The summed E-state index contributed by atoms with van der Waals surface area (Å²) in [4.78, 5) is 71.1. The first kappa shape index (κ1) is 33.7. The van der Waals surface area contributed by atoms with Gasteiger partial charge in [-0.25, -0.2) is 4.79 Å². The van der Waals surface area contributed by atoms with Gasteiger partial charge < -0.3 is 14.6 Å². The molecule has 2 aliphatic heterocycles. The summed E-state index contributed by atoms with van der Waals surface area (Å²) in [5.41, 5.74) is 2.98. The Labute approximate surface area is 307 Å². The molecule has 0 radical (unpaired) electrons. The van der Waals surface area contributed by atoms with E-state index in [1.807, 2.05) is 24.3 Å². The summed E-state index contributed by atoms with van der Waals surface area (Å²) < 4.78 is 10.2. The number of methoxy groups -OCH3 is 2. The summed E-state index contributed by atoms with van der Waals surface area (Å²) >= 11 is 12.7. The second kappa shape index (κ2) is 12.4. The number of imide groups is 4. The minimum atomic E-state index is -1.67. The molecule has 11 nitrogen and oxygen atoms in total. The number of halogens is 2. The summed E-state index contributed by atoms with van der Waals surface area (Å²) in [7, 11) is 2.61. The number of carbonyl (C=O) groups is 5. The SMILES string of the molecule is COC(=O)N1C(=O)[C@H]2[C@H](CC=C3[C@H]2C[C@H]2C(=O)N(Nc4ccc(Cl)cc4Cl)C(=O)[C@@]2(c2ccc(OC)cc2)[C@H]3c2ccc3ccccc3c2O)C1=O. The standard InChI is InChI=1S/C39H31Cl2N3O8/c1-51-22-11-8-20(9-12-22)39-28(35(47)44(37(39)49)42-30-16-10-21(40)17-29(30)41)18-27-24(14-15-25-31(27)36(48)43(34(25)46)38(50)52-2)32(39)26-13-7-19-5-3-4-6-23(19)33(26)45/h3-14,16-17,25,27-28,31-32,42,45H,15,18H2,1-2H3/t25-,27+,28-,31-,32+,39+/m0/s1. The number of carbonyl (C=O) groups excluding carboxylic acids is 5. The van der Waals surface area contributed by atoms with Crippen molar-refractivity contribution >= 4 is 69.4 Å². The summed E-state index contributed by atoms with van der Waals surface area (Å²) in [6.45, 7) is 0. The largest absolute Gasteiger partial charge is 0.507 e. The molecular formula is C39H31Cl2N3O8. The van der Waals surface area contributed by atoms with Crippen LogP contribution in [0.3, 0.4) is 0 Å². The minimum absolute atomic E-state index is 0.0188. The number of nitrogens with zero attached hydrogens (tertiary/aromatic N) is 2. The van der Waals surface area contributed by atoms with Gasteiger partial charge in [0.2, 0.25) is 11.8 Å². The number of fused-ring (bicyclic) bond motifs is 5. The number of likely N-dealkylation sites (tertiary alicyclic amines) is 1. The molecule has 2 saturated heterocycles. The van der Waals surface area contributed by atoms with Crippen molar-refractivity contribution in [1.82, 2.24) is 9.91 Å². The summed E-state index contributed by atoms with van der Waals surface area (Å²) in [6.07, 6.45) is 0.825. The first-order valence-electron chi connectivity index (χ1n) is 16.6. The second-order valence-electron chi connectivity index (χ2n) is 13.4. The highest BCUT2D eigenvalue weighted by molar-refractivity contribution is 6.36. The smallest absolute Gasteiger partial charge is 0.423 e. The van der Waals surface area contributed by atoms with Gasteiger partial charge in [0.1, 0.15) is 11.5 Å². The maximum atomic E-state index is 15.4. The molecule has 13 heteroatoms. The number of phenols is 1. The van der Waals surface area contributed by atoms with Gasteiger partial charge in [0, 0.05) is 21.9 Å². The lowest BCUT2D eigenvalue weighted by Crippen LogP contribution is -2.53. The molecule has 52 heavy (non-hydrogen) atoms. The van der Waals surface area contributed by atoms with Crippen molar-refractivity contribution in [3.63, 3.8) is 0 Å². The molecule has 0 unspecified atom stereocenters. The summed E-state index contributed by atoms with van der Waals surface area (Å²) in [5, 5.41) is 14.9. The molecule has 4 aromatic carbocycles. The van der Waals surface area contributed by atoms with E-state index in [1.54, 1.807) is 54.6 Å². The normalized spacial score (nSPS) is 26.5. The fourth-order valence-corrected chi connectivity index (χ4v) is 9.41. The van der Waals surface area contributed by atoms with Crippen LogP contribution in [0, 0.1) is 23.7 Å². The highest BCUT2D eigenvalue weighted by Gasteiger charge is 2.71. The molecule has 5 amide bonds. The number of hydrogen-bond acceptors (Lipinski definition) is 9. The Kier molecular flexibility index (Phi) is 8.03. The molecule has 6 atom stereocenters. The number of benzene rings is 4. The lowest BCUT2D eigenvalue weighted by atomic mass is 9.49. The third-order valence-corrected chi connectivity index (χ3v) is 11.7. The first-order chi connectivity index (χ1) is 25.0. The Hall–Kier alpha value is -5.39. The predicted molar refractivity (Wildman–Crippen MR) is 190 cm³/mol. The molecule has 2 heterocycles. The minimum Gasteiger partial charge on any atom is -0.507 e. The van der Waals surface area contributed by atoms with Crippen molar-refractivity contribution in [2.24, 2.45) is 23.7 Å². The van der Waals surface area contributed by atoms with Gasteiger partial charge in [0.05, 0.1) is 48.1 Å². The van der Waals surface area contributed by atoms with Gasteiger partial charge >= 0.3 is 6.09 Å². The van der Waals surface area contributed by atoms with E-state index in [9.17, 15) is 24.3 Å². The van der Waals surface area contributed by atoms with Gasteiger partial charge in [0.15, 0.2) is 0 Å². The second-order valence-corrected chi connectivity index (χ2v) is 14.3. The van der Waals surface area contributed by atoms with Crippen LogP contribution in [0.5, 0.6) is 11.5 Å². The predicted octanol–water partition coefficient (Wildman–Crippen LogP) is 6.61. The van der Waals surface area contributed by atoms with Crippen LogP contribution in [0.25, 0.3) is 10.8 Å². The molecule has 8 rings (SSSR count). The molecule has 1 saturated carbocycles. The zero-order valence-corrected chi connectivity index (χ0v) is 29.4. The maximum Gasteiger partial charge on any atom is 0.423 e. The van der Waals surface area contributed by atoms with Crippen LogP contribution in [0.4, 0.5) is 10.5 Å². The number of rotatable bonds is 5. The molecule has 264 valence electrons. The van der Waals surface area contributed by atoms with Crippen molar-refractivity contribution < 1.29 is 38.6 Å². The quantitative estimate of drug-likeness (QED) is 0.171. The maximum absolute atomic E-state index is 15.4. The van der Waals surface area contributed by atoms with E-state index < -0.39 is 64.7 Å². The zero-order valence-electron chi connectivity index (χ0n) is 27.8. The molecule has 0 bridgehead atoms. The van der Waals surface area contributed by atoms with Crippen LogP contribution in [-0.2, 0) is 29.3 Å². The number of phenolic OH excluding ortho intramolecular Hbond substituents is 1. The summed E-state index contributed by atoms with van der Waals surface area (Å²) in [6, 6.07) is 22.3. The zero-order chi connectivity index (χ0) is 36.6. The Morgan fingerprint density at radius 1 is 0.904 bits per heavy atom. The highest BCUT2D eigenvalue weighted by atomic mass is 35.5. The van der Waals surface area contributed by atoms with E-state index in [0.29, 0.717) is 37.8 Å². The third-order valence-electron chi connectivity index (χ3n) is 11.2. The molecule has 2 aliphatic carbocycles. The Bertz CT molecular complexity index is 2260. The summed E-state index contributed by atoms with van der Waals surface area (Å²) in [5.74, 6) is -6.94. The number of aromatic hydroxyl groups is 1. The lowest BCUT2D eigenvalue weighted by molar-refractivity contribution is -0.140. The number of ether oxygens (including phenoxy) is 2. The number of allylic oxidation sites excluding steroid dienone is 2. The van der Waals surface area contributed by atoms with Crippen LogP contribution in [0.15, 0.2) is 90.5 Å². The fourth-order valence-electron chi connectivity index (χ4n) is 8.96. The van der Waals surface area contributed by atoms with Gasteiger partial charge in [-0.3, -0.25) is 24.6 Å². The van der Waals surface area contributed by atoms with Gasteiger partial charge in [-0.15, -0.1) is 0 Å². The van der Waals surface area contributed by atoms with E-state index in [4.69, 9.17) is 32.7 Å².